The smallest absolute Gasteiger partial charge is 0.373 e. The average molecular weight is 890 g/mol. The molecule has 0 spiro atoms. The summed E-state index contributed by atoms with van der Waals surface area (Å²) >= 11 is 0. The third-order valence-corrected chi connectivity index (χ3v) is 8.67. The molecule has 0 fully saturated rings. The first-order valence-corrected chi connectivity index (χ1v) is 21.7. The number of carbonyl (C=O) groups is 3. The van der Waals surface area contributed by atoms with Gasteiger partial charge in [0.1, 0.15) is 5.75 Å². The highest BCUT2D eigenvalue weighted by Gasteiger charge is 2.29. The Balaban J connectivity index is 2.18. The number of ether oxygens (including phenoxy) is 6. The number of hydrogen-bond donors (Lipinski definition) is 7. The molecule has 2 aromatic rings. The standard InChI is InChI=1S/C38H64N7O15P/c1-61(49,50)60-34-8-6-33(7-9-34)32-4-2-31(3-5-32)28-35(38(48)44-12-15-53-18-21-56-24-27-59-41)45(29-36(46)42-10-13-51-16-19-54-22-25-57-39)30-37(47)43-11-14-52-17-20-55-23-26-58-40/h2-9,35H,10-30,39-41H2,1H3,(H,42,46)(H,43,47)(H,44,48)(H,49,50). The van der Waals surface area contributed by atoms with Crippen molar-refractivity contribution < 1.29 is 71.3 Å². The van der Waals surface area contributed by atoms with Crippen LogP contribution in [0.4, 0.5) is 0 Å². The second-order valence-corrected chi connectivity index (χ2v) is 14.8. The Kier molecular flexibility index (Phi) is 29.7. The molecule has 22 nitrogen and oxygen atoms in total. The van der Waals surface area contributed by atoms with Crippen molar-refractivity contribution in [2.24, 2.45) is 17.7 Å². The first kappa shape index (κ1) is 53.5. The van der Waals surface area contributed by atoms with Gasteiger partial charge >= 0.3 is 7.60 Å². The molecule has 2 rings (SSSR count). The summed E-state index contributed by atoms with van der Waals surface area (Å²) in [5.41, 5.74) is 2.41. The fourth-order valence-corrected chi connectivity index (χ4v) is 5.79. The van der Waals surface area contributed by atoms with Crippen LogP contribution in [-0.4, -0.2) is 172 Å². The number of rotatable bonds is 38. The van der Waals surface area contributed by atoms with Crippen molar-refractivity contribution in [3.8, 4) is 16.9 Å². The van der Waals surface area contributed by atoms with E-state index in [4.69, 9.17) is 50.6 Å². The topological polar surface area (TPSA) is 298 Å². The van der Waals surface area contributed by atoms with Crippen LogP contribution in [0.5, 0.6) is 5.75 Å². The van der Waals surface area contributed by atoms with Crippen LogP contribution in [0, 0.1) is 0 Å². The van der Waals surface area contributed by atoms with Crippen LogP contribution in [0.25, 0.3) is 11.1 Å². The van der Waals surface area contributed by atoms with Gasteiger partial charge in [-0.1, -0.05) is 36.4 Å². The first-order chi connectivity index (χ1) is 29.6. The van der Waals surface area contributed by atoms with Gasteiger partial charge < -0.3 is 68.3 Å². The van der Waals surface area contributed by atoms with Crippen LogP contribution in [-0.2, 0) is 68.3 Å². The maximum absolute atomic E-state index is 14.0. The van der Waals surface area contributed by atoms with E-state index in [1.807, 2.05) is 24.3 Å². The highest BCUT2D eigenvalue weighted by Crippen LogP contribution is 2.38. The first-order valence-electron chi connectivity index (χ1n) is 19.7. The lowest BCUT2D eigenvalue weighted by Crippen LogP contribution is -2.54. The van der Waals surface area contributed by atoms with E-state index in [9.17, 15) is 23.8 Å². The number of nitrogens with two attached hydrogens (primary N) is 3. The molecular weight excluding hydrogens is 825 g/mol. The minimum atomic E-state index is -3.71. The number of benzene rings is 2. The summed E-state index contributed by atoms with van der Waals surface area (Å²) in [5, 5.41) is 8.46. The highest BCUT2D eigenvalue weighted by atomic mass is 31.2. The zero-order valence-electron chi connectivity index (χ0n) is 34.8. The Morgan fingerprint density at radius 3 is 1.33 bits per heavy atom. The molecule has 2 atom stereocenters. The van der Waals surface area contributed by atoms with Gasteiger partial charge in [0, 0.05) is 26.3 Å². The van der Waals surface area contributed by atoms with E-state index >= 15 is 0 Å². The Labute approximate surface area is 356 Å². The molecule has 0 aliphatic rings. The van der Waals surface area contributed by atoms with Gasteiger partial charge in [-0.2, -0.15) is 0 Å². The quantitative estimate of drug-likeness (QED) is 0.0239. The van der Waals surface area contributed by atoms with E-state index in [1.54, 1.807) is 24.3 Å². The summed E-state index contributed by atoms with van der Waals surface area (Å²) in [5.74, 6) is 13.9. The van der Waals surface area contributed by atoms with Gasteiger partial charge in [0.2, 0.25) is 17.7 Å². The number of carbonyl (C=O) groups excluding carboxylic acids is 3. The molecule has 10 N–H and O–H groups in total. The zero-order chi connectivity index (χ0) is 44.4. The molecule has 346 valence electrons. The number of nitrogens with one attached hydrogen (secondary N) is 3. The number of nitrogens with zero attached hydrogens (tertiary/aromatic N) is 1. The summed E-state index contributed by atoms with van der Waals surface area (Å²) < 4.78 is 49.3. The number of amides is 3. The van der Waals surface area contributed by atoms with E-state index in [0.29, 0.717) is 52.9 Å². The van der Waals surface area contributed by atoms with Crippen LogP contribution in [0.15, 0.2) is 48.5 Å². The lowest BCUT2D eigenvalue weighted by molar-refractivity contribution is -0.131. The maximum Gasteiger partial charge on any atom is 0.373 e. The molecule has 61 heavy (non-hydrogen) atoms. The normalized spacial score (nSPS) is 12.8. The van der Waals surface area contributed by atoms with Gasteiger partial charge in [0.25, 0.3) is 0 Å². The molecule has 0 aliphatic heterocycles. The van der Waals surface area contributed by atoms with E-state index in [1.165, 1.54) is 4.90 Å². The average Bonchev–Trinajstić information content (AvgIpc) is 3.23. The van der Waals surface area contributed by atoms with Crippen molar-refractivity contribution in [3.63, 3.8) is 0 Å². The molecule has 3 amide bonds. The minimum absolute atomic E-state index is 0.135. The molecular formula is C38H64N7O15P. The molecule has 0 aliphatic carbocycles. The molecule has 0 saturated heterocycles. The Morgan fingerprint density at radius 2 is 0.934 bits per heavy atom. The number of hydrogen-bond acceptors (Lipinski definition) is 18. The SMILES string of the molecule is CP(=O)(O)Oc1ccc(-c2ccc(CC(C(=O)NCCOCCOCCON)N(CC(=O)NCCOCCOCCON)CC(=O)NCCOCCOCCON)cc2)cc1. The van der Waals surface area contributed by atoms with Crippen molar-refractivity contribution >= 4 is 25.3 Å². The summed E-state index contributed by atoms with van der Waals surface area (Å²) in [6.45, 7) is 5.11. The predicted octanol–water partition coefficient (Wildman–Crippen LogP) is -1.12. The molecule has 0 heterocycles. The summed E-state index contributed by atoms with van der Waals surface area (Å²) in [4.78, 5) is 65.0. The van der Waals surface area contributed by atoms with Gasteiger partial charge in [0.15, 0.2) is 0 Å². The molecule has 23 heteroatoms. The van der Waals surface area contributed by atoms with E-state index in [-0.39, 0.29) is 91.1 Å². The maximum atomic E-state index is 14.0. The Hall–Kier alpha value is -3.68. The van der Waals surface area contributed by atoms with Gasteiger partial charge in [0.05, 0.1) is 118 Å². The third-order valence-electron chi connectivity index (χ3n) is 8.12. The van der Waals surface area contributed by atoms with E-state index in [2.05, 4.69) is 30.5 Å². The monoisotopic (exact) mass is 889 g/mol. The molecule has 0 bridgehead atoms. The van der Waals surface area contributed by atoms with Crippen LogP contribution < -0.4 is 38.2 Å². The van der Waals surface area contributed by atoms with E-state index in [0.717, 1.165) is 23.4 Å². The van der Waals surface area contributed by atoms with Crippen LogP contribution >= 0.6 is 7.60 Å². The van der Waals surface area contributed by atoms with Gasteiger partial charge in [-0.05, 0) is 35.2 Å². The Bertz CT molecular complexity index is 1470. The van der Waals surface area contributed by atoms with Crippen LogP contribution in [0.3, 0.4) is 0 Å². The fourth-order valence-electron chi connectivity index (χ4n) is 5.28. The second-order valence-electron chi connectivity index (χ2n) is 13.0. The van der Waals surface area contributed by atoms with Gasteiger partial charge in [-0.25, -0.2) is 22.3 Å². The molecule has 0 saturated carbocycles. The largest absolute Gasteiger partial charge is 0.425 e. The summed E-state index contributed by atoms with van der Waals surface area (Å²) in [6, 6.07) is 13.2. The van der Waals surface area contributed by atoms with Crippen molar-refractivity contribution in [3.05, 3.63) is 54.1 Å². The zero-order valence-corrected chi connectivity index (χ0v) is 35.7. The van der Waals surface area contributed by atoms with Crippen LogP contribution in [0.2, 0.25) is 0 Å². The van der Waals surface area contributed by atoms with Crippen molar-refractivity contribution in [2.45, 2.75) is 12.5 Å². The fraction of sp³-hybridized carbons (Fsp3) is 0.605. The van der Waals surface area contributed by atoms with Gasteiger partial charge in [-0.3, -0.25) is 19.3 Å². The van der Waals surface area contributed by atoms with Gasteiger partial charge in [-0.15, -0.1) is 0 Å². The molecule has 2 aromatic carbocycles. The molecule has 0 aromatic heterocycles. The minimum Gasteiger partial charge on any atom is -0.425 e. The second kappa shape index (κ2) is 33.9. The van der Waals surface area contributed by atoms with E-state index < -0.39 is 31.4 Å². The molecule has 2 unspecified atom stereocenters. The Morgan fingerprint density at radius 1 is 0.574 bits per heavy atom. The lowest BCUT2D eigenvalue weighted by Gasteiger charge is -2.30. The lowest BCUT2D eigenvalue weighted by atomic mass is 9.99. The van der Waals surface area contributed by atoms with Crippen LogP contribution in [0.1, 0.15) is 5.56 Å². The van der Waals surface area contributed by atoms with Crippen molar-refractivity contribution in [2.75, 3.05) is 138 Å². The third kappa shape index (κ3) is 27.1. The summed E-state index contributed by atoms with van der Waals surface area (Å²) in [6.07, 6.45) is 0.135. The molecule has 0 radical (unpaired) electrons. The van der Waals surface area contributed by atoms with Crippen molar-refractivity contribution in [1.82, 2.24) is 20.9 Å². The summed E-state index contributed by atoms with van der Waals surface area (Å²) in [7, 11) is -3.71. The highest BCUT2D eigenvalue weighted by molar-refractivity contribution is 7.52. The van der Waals surface area contributed by atoms with Crippen molar-refractivity contribution in [1.29, 1.82) is 0 Å². The predicted molar refractivity (Wildman–Crippen MR) is 222 cm³/mol.